The minimum Gasteiger partial charge on any atom is -0.484 e. The highest BCUT2D eigenvalue weighted by molar-refractivity contribution is 6.19. The number of hydrogen-bond donors (Lipinski definition) is 2. The molecule has 7 heteroatoms. The average Bonchev–Trinajstić information content (AvgIpc) is 3.17. The van der Waals surface area contributed by atoms with Crippen LogP contribution in [0.25, 0.3) is 11.0 Å². The van der Waals surface area contributed by atoms with Crippen LogP contribution in [-0.4, -0.2) is 49.8 Å². The van der Waals surface area contributed by atoms with Gasteiger partial charge in [-0.2, -0.15) is 0 Å². The Labute approximate surface area is 180 Å². The molecule has 0 radical (unpaired) electrons. The molecule has 2 N–H and O–H groups in total. The Hall–Kier alpha value is -3.16. The first-order chi connectivity index (χ1) is 14.9. The first kappa shape index (κ1) is 21.1. The first-order valence-corrected chi connectivity index (χ1v) is 10.2. The summed E-state index contributed by atoms with van der Waals surface area (Å²) < 4.78 is 16.8. The van der Waals surface area contributed by atoms with Crippen LogP contribution in [0.2, 0.25) is 0 Å². The zero-order valence-electron chi connectivity index (χ0n) is 17.6. The van der Waals surface area contributed by atoms with Crippen LogP contribution in [0.4, 0.5) is 0 Å². The predicted octanol–water partition coefficient (Wildman–Crippen LogP) is 2.81. The van der Waals surface area contributed by atoms with E-state index in [2.05, 4.69) is 5.32 Å². The van der Waals surface area contributed by atoms with Crippen LogP contribution in [0.3, 0.4) is 0 Å². The Morgan fingerprint density at radius 1 is 1.16 bits per heavy atom. The maximum absolute atomic E-state index is 13.2. The number of carbonyl (C=O) groups is 2. The Morgan fingerprint density at radius 2 is 1.97 bits per heavy atom. The summed E-state index contributed by atoms with van der Waals surface area (Å²) in [6, 6.07) is 12.8. The fourth-order valence-corrected chi connectivity index (χ4v) is 3.93. The second kappa shape index (κ2) is 8.53. The third-order valence-electron chi connectivity index (χ3n) is 5.47. The number of benzene rings is 2. The van der Waals surface area contributed by atoms with Crippen molar-refractivity contribution >= 4 is 22.7 Å². The highest BCUT2D eigenvalue weighted by atomic mass is 16.5. The van der Waals surface area contributed by atoms with Crippen LogP contribution in [0.1, 0.15) is 41.1 Å². The summed E-state index contributed by atoms with van der Waals surface area (Å²) in [6.45, 7) is 4.73. The van der Waals surface area contributed by atoms with Crippen molar-refractivity contribution < 1.29 is 28.6 Å². The van der Waals surface area contributed by atoms with Gasteiger partial charge < -0.3 is 24.3 Å². The number of hydrogen-bond acceptors (Lipinski definition) is 6. The zero-order valence-corrected chi connectivity index (χ0v) is 17.6. The van der Waals surface area contributed by atoms with Gasteiger partial charge in [0.05, 0.1) is 25.4 Å². The number of aliphatic hydroxyl groups excluding tert-OH is 1. The van der Waals surface area contributed by atoms with Gasteiger partial charge in [0, 0.05) is 22.9 Å². The number of ether oxygens (including phenoxy) is 2. The molecule has 1 aliphatic rings. The van der Waals surface area contributed by atoms with E-state index in [4.69, 9.17) is 19.0 Å². The van der Waals surface area contributed by atoms with Gasteiger partial charge in [0.15, 0.2) is 12.4 Å². The molecule has 0 atom stereocenters. The summed E-state index contributed by atoms with van der Waals surface area (Å²) in [7, 11) is 0. The summed E-state index contributed by atoms with van der Waals surface area (Å²) in [5, 5.41) is 12.2. The molecule has 1 aliphatic carbocycles. The number of para-hydroxylation sites is 1. The average molecular weight is 423 g/mol. The smallest absolute Gasteiger partial charge is 0.258 e. The van der Waals surface area contributed by atoms with E-state index in [0.29, 0.717) is 41.4 Å². The third kappa shape index (κ3) is 3.94. The van der Waals surface area contributed by atoms with E-state index in [-0.39, 0.29) is 31.5 Å². The Bertz CT molecular complexity index is 1130. The molecule has 0 saturated carbocycles. The molecule has 0 unspecified atom stereocenters. The van der Waals surface area contributed by atoms with E-state index in [0.717, 1.165) is 10.9 Å². The topological polar surface area (TPSA) is 98.0 Å². The molecule has 1 heterocycles. The van der Waals surface area contributed by atoms with Crippen LogP contribution in [0, 0.1) is 0 Å². The number of carbonyl (C=O) groups excluding carboxylic acids is 2. The minimum absolute atomic E-state index is 0.0518. The molecule has 162 valence electrons. The van der Waals surface area contributed by atoms with Gasteiger partial charge in [0.25, 0.3) is 5.91 Å². The monoisotopic (exact) mass is 423 g/mol. The Morgan fingerprint density at radius 3 is 2.77 bits per heavy atom. The summed E-state index contributed by atoms with van der Waals surface area (Å²) in [5.74, 6) is 0.802. The number of rotatable bonds is 8. The second-order valence-corrected chi connectivity index (χ2v) is 7.94. The van der Waals surface area contributed by atoms with Crippen LogP contribution in [-0.2, 0) is 14.9 Å². The lowest BCUT2D eigenvalue weighted by Crippen LogP contribution is -2.32. The zero-order chi connectivity index (χ0) is 22.0. The van der Waals surface area contributed by atoms with Crippen molar-refractivity contribution in [3.8, 4) is 5.75 Å². The summed E-state index contributed by atoms with van der Waals surface area (Å²) in [6.07, 6.45) is 0. The molecule has 0 fully saturated rings. The van der Waals surface area contributed by atoms with Crippen LogP contribution in [0.5, 0.6) is 5.75 Å². The van der Waals surface area contributed by atoms with Gasteiger partial charge in [-0.1, -0.05) is 18.2 Å². The van der Waals surface area contributed by atoms with Crippen molar-refractivity contribution in [2.24, 2.45) is 0 Å². The number of ketones is 1. The van der Waals surface area contributed by atoms with Crippen LogP contribution < -0.4 is 10.1 Å². The Balaban J connectivity index is 1.51. The molecule has 1 aromatic heterocycles. The number of furan rings is 1. The number of aliphatic hydroxyl groups is 1. The van der Waals surface area contributed by atoms with Gasteiger partial charge in [-0.05, 0) is 43.7 Å². The van der Waals surface area contributed by atoms with Crippen molar-refractivity contribution in [3.05, 3.63) is 64.9 Å². The van der Waals surface area contributed by atoms with Gasteiger partial charge >= 0.3 is 0 Å². The quantitative estimate of drug-likeness (QED) is 0.541. The second-order valence-electron chi connectivity index (χ2n) is 7.94. The van der Waals surface area contributed by atoms with E-state index < -0.39 is 5.41 Å². The number of amides is 1. The Kier molecular flexibility index (Phi) is 5.80. The third-order valence-corrected chi connectivity index (χ3v) is 5.47. The highest BCUT2D eigenvalue weighted by Gasteiger charge is 2.41. The highest BCUT2D eigenvalue weighted by Crippen LogP contribution is 2.46. The lowest BCUT2D eigenvalue weighted by Gasteiger charge is -2.30. The minimum atomic E-state index is -0.538. The lowest BCUT2D eigenvalue weighted by molar-refractivity contribution is -0.123. The van der Waals surface area contributed by atoms with Gasteiger partial charge in [0.1, 0.15) is 17.1 Å². The fraction of sp³-hybridized carbons (Fsp3) is 0.333. The molecule has 2 aromatic carbocycles. The van der Waals surface area contributed by atoms with E-state index in [9.17, 15) is 9.59 Å². The molecule has 0 spiro atoms. The molecule has 0 bridgehead atoms. The maximum atomic E-state index is 13.2. The molecular formula is C24H25NO6. The summed E-state index contributed by atoms with van der Waals surface area (Å²) >= 11 is 0. The lowest BCUT2D eigenvalue weighted by atomic mass is 9.72. The molecule has 0 aliphatic heterocycles. The molecule has 4 rings (SSSR count). The summed E-state index contributed by atoms with van der Waals surface area (Å²) in [5.41, 5.74) is 2.19. The van der Waals surface area contributed by atoms with Gasteiger partial charge in [0.2, 0.25) is 0 Å². The maximum Gasteiger partial charge on any atom is 0.258 e. The van der Waals surface area contributed by atoms with E-state index in [1.54, 1.807) is 18.2 Å². The first-order valence-electron chi connectivity index (χ1n) is 10.2. The molecule has 1 amide bonds. The normalized spacial score (nSPS) is 14.2. The van der Waals surface area contributed by atoms with Crippen LogP contribution in [0.15, 0.2) is 46.9 Å². The largest absolute Gasteiger partial charge is 0.484 e. The number of fused-ring (bicyclic) bond motifs is 4. The SMILES string of the molecule is CC1(C)c2cc(OCC(=O)NCCOCCO)ccc2C(=O)c2c1oc1ccccc21. The van der Waals surface area contributed by atoms with Gasteiger partial charge in [-0.3, -0.25) is 9.59 Å². The van der Waals surface area contributed by atoms with E-state index in [1.807, 2.05) is 38.1 Å². The van der Waals surface area contributed by atoms with Crippen molar-refractivity contribution in [2.75, 3.05) is 33.0 Å². The molecule has 0 saturated heterocycles. The fourth-order valence-electron chi connectivity index (χ4n) is 3.93. The van der Waals surface area contributed by atoms with Gasteiger partial charge in [-0.25, -0.2) is 0 Å². The molecular weight excluding hydrogens is 398 g/mol. The van der Waals surface area contributed by atoms with E-state index >= 15 is 0 Å². The molecule has 31 heavy (non-hydrogen) atoms. The van der Waals surface area contributed by atoms with Gasteiger partial charge in [-0.15, -0.1) is 0 Å². The van der Waals surface area contributed by atoms with Crippen LogP contribution >= 0.6 is 0 Å². The molecule has 3 aromatic rings. The summed E-state index contributed by atoms with van der Waals surface area (Å²) in [4.78, 5) is 25.2. The van der Waals surface area contributed by atoms with Crippen molar-refractivity contribution in [1.29, 1.82) is 0 Å². The van der Waals surface area contributed by atoms with Crippen molar-refractivity contribution in [3.63, 3.8) is 0 Å². The standard InChI is InChI=1S/C24H25NO6/c1-24(2)18-13-15(30-14-20(27)25-9-11-29-12-10-26)7-8-16(18)22(28)21-17-5-3-4-6-19(17)31-23(21)24/h3-8,13,26H,9-12,14H2,1-2H3,(H,25,27). The predicted molar refractivity (Wildman–Crippen MR) is 115 cm³/mol. The van der Waals surface area contributed by atoms with E-state index in [1.165, 1.54) is 0 Å². The van der Waals surface area contributed by atoms with Crippen molar-refractivity contribution in [1.82, 2.24) is 5.32 Å². The van der Waals surface area contributed by atoms with Crippen molar-refractivity contribution in [2.45, 2.75) is 19.3 Å². The number of nitrogens with one attached hydrogen (secondary N) is 1. The molecule has 7 nitrogen and oxygen atoms in total.